The van der Waals surface area contributed by atoms with E-state index in [0.717, 1.165) is 0 Å². The van der Waals surface area contributed by atoms with Crippen LogP contribution in [0.1, 0.15) is 0 Å². The third-order valence-electron chi connectivity index (χ3n) is 0.968. The highest BCUT2D eigenvalue weighted by atomic mass is 28.3. The molecule has 0 atom stereocenters. The van der Waals surface area contributed by atoms with Gasteiger partial charge in [0.15, 0.2) is 8.07 Å². The average molecular weight is 142 g/mol. The fraction of sp³-hybridized carbons (Fsp3) is 1.00. The van der Waals surface area contributed by atoms with Crippen LogP contribution in [0.2, 0.25) is 6.55 Å². The van der Waals surface area contributed by atoms with Crippen LogP contribution in [-0.2, 0) is 0 Å². The van der Waals surface area contributed by atoms with Crippen molar-refractivity contribution in [2.24, 2.45) is 0 Å². The summed E-state index contributed by atoms with van der Waals surface area (Å²) in [5.74, 6) is 0. The summed E-state index contributed by atoms with van der Waals surface area (Å²) in [4.78, 5) is 0. The second kappa shape index (κ2) is 3.12. The summed E-state index contributed by atoms with van der Waals surface area (Å²) in [5.41, 5.74) is 0. The van der Waals surface area contributed by atoms with E-state index in [2.05, 4.69) is 0 Å². The van der Waals surface area contributed by atoms with Crippen molar-refractivity contribution in [1.29, 1.82) is 0 Å². The van der Waals surface area contributed by atoms with Crippen molar-refractivity contribution in [3.8, 4) is 0 Å². The Bertz CT molecular complexity index is 54.0. The number of rotatable bonds is 3. The molecule has 0 saturated heterocycles. The summed E-state index contributed by atoms with van der Waals surface area (Å²) < 4.78 is 34.9. The van der Waals surface area contributed by atoms with E-state index in [4.69, 9.17) is 0 Å². The Morgan fingerprint density at radius 2 is 1.25 bits per heavy atom. The van der Waals surface area contributed by atoms with E-state index in [-0.39, 0.29) is 0 Å². The van der Waals surface area contributed by atoms with E-state index in [1.54, 1.807) is 0 Å². The minimum absolute atomic E-state index is 0.792. The first-order chi connectivity index (χ1) is 3.68. The molecule has 0 aromatic carbocycles. The Morgan fingerprint density at radius 3 is 1.25 bits per heavy atom. The largest absolute Gasteiger partial charge is 0.255 e. The summed E-state index contributed by atoms with van der Waals surface area (Å²) >= 11 is 0. The van der Waals surface area contributed by atoms with Gasteiger partial charge in [0.2, 0.25) is 0 Å². The first-order valence-corrected chi connectivity index (χ1v) is 5.48. The van der Waals surface area contributed by atoms with Gasteiger partial charge in [0.1, 0.15) is 0 Å². The zero-order chi connectivity index (χ0) is 6.62. The maximum atomic E-state index is 11.6. The molecule has 0 spiro atoms. The molecular weight excluding hydrogens is 133 g/mol. The van der Waals surface area contributed by atoms with Crippen LogP contribution in [0.3, 0.4) is 0 Å². The van der Waals surface area contributed by atoms with Gasteiger partial charge in [0, 0.05) is 0 Å². The molecule has 0 bridgehead atoms. The maximum Gasteiger partial charge on any atom is 0.157 e. The molecule has 0 aliphatic carbocycles. The van der Waals surface area contributed by atoms with Crippen molar-refractivity contribution in [2.75, 3.05) is 18.9 Å². The van der Waals surface area contributed by atoms with Gasteiger partial charge < -0.3 is 0 Å². The highest BCUT2D eigenvalue weighted by Crippen LogP contribution is 2.03. The molecule has 0 rings (SSSR count). The van der Waals surface area contributed by atoms with Gasteiger partial charge in [0.05, 0.1) is 18.9 Å². The van der Waals surface area contributed by atoms with Crippen molar-refractivity contribution < 1.29 is 13.2 Å². The first kappa shape index (κ1) is 8.01. The minimum Gasteiger partial charge on any atom is -0.255 e. The van der Waals surface area contributed by atoms with Gasteiger partial charge >= 0.3 is 0 Å². The lowest BCUT2D eigenvalue weighted by Crippen LogP contribution is -2.39. The molecule has 0 radical (unpaired) electrons. The summed E-state index contributed by atoms with van der Waals surface area (Å²) in [6.45, 7) is 1.37. The third kappa shape index (κ3) is 1.86. The zero-order valence-corrected chi connectivity index (χ0v) is 5.76. The van der Waals surface area contributed by atoms with Crippen molar-refractivity contribution in [2.45, 2.75) is 6.55 Å². The van der Waals surface area contributed by atoms with E-state index >= 15 is 0 Å². The molecule has 0 aromatic heterocycles. The molecule has 0 aliphatic rings. The lowest BCUT2D eigenvalue weighted by Gasteiger charge is -2.12. The molecule has 0 aromatic rings. The van der Waals surface area contributed by atoms with Crippen LogP contribution in [0.4, 0.5) is 13.2 Å². The van der Waals surface area contributed by atoms with Gasteiger partial charge in [-0.2, -0.15) is 0 Å². The van der Waals surface area contributed by atoms with Crippen LogP contribution in [0.25, 0.3) is 0 Å². The Hall–Kier alpha value is 0.00688. The molecule has 0 unspecified atom stereocenters. The fourth-order valence-electron chi connectivity index (χ4n) is 0.107. The van der Waals surface area contributed by atoms with Gasteiger partial charge in [-0.1, -0.05) is 6.55 Å². The van der Waals surface area contributed by atoms with Crippen molar-refractivity contribution in [1.82, 2.24) is 0 Å². The predicted octanol–water partition coefficient (Wildman–Crippen LogP) is 1.59. The number of hydrogen-bond acceptors (Lipinski definition) is 0. The van der Waals surface area contributed by atoms with Gasteiger partial charge in [-0.15, -0.1) is 0 Å². The van der Waals surface area contributed by atoms with E-state index in [0.29, 0.717) is 0 Å². The molecule has 4 heteroatoms. The van der Waals surface area contributed by atoms with E-state index < -0.39 is 27.0 Å². The molecule has 0 nitrogen and oxygen atoms in total. The SMILES string of the molecule is C[Si](CF)(CF)CF. The highest BCUT2D eigenvalue weighted by molar-refractivity contribution is 6.78. The minimum atomic E-state index is -2.67. The fourth-order valence-corrected chi connectivity index (χ4v) is 0.321. The molecule has 0 saturated carbocycles. The van der Waals surface area contributed by atoms with Crippen LogP contribution in [0, 0.1) is 0 Å². The second-order valence-corrected chi connectivity index (χ2v) is 6.63. The number of halogens is 3. The average Bonchev–Trinajstić information content (AvgIpc) is 1.87. The maximum absolute atomic E-state index is 11.6. The van der Waals surface area contributed by atoms with Crippen molar-refractivity contribution in [3.63, 3.8) is 0 Å². The van der Waals surface area contributed by atoms with Crippen molar-refractivity contribution in [3.05, 3.63) is 0 Å². The lowest BCUT2D eigenvalue weighted by atomic mass is 11.7. The number of alkyl halides is 3. The monoisotopic (exact) mass is 142 g/mol. The normalized spacial score (nSPS) is 12.0. The lowest BCUT2D eigenvalue weighted by molar-refractivity contribution is 0.496. The van der Waals surface area contributed by atoms with Crippen LogP contribution >= 0.6 is 0 Å². The molecule has 0 amide bonds. The summed E-state index contributed by atoms with van der Waals surface area (Å²) in [6.07, 6.45) is -2.38. The Kier molecular flexibility index (Phi) is 3.12. The van der Waals surface area contributed by atoms with Gasteiger partial charge in [-0.3, -0.25) is 13.2 Å². The summed E-state index contributed by atoms with van der Waals surface area (Å²) in [7, 11) is -2.67. The van der Waals surface area contributed by atoms with Crippen LogP contribution in [-0.4, -0.2) is 27.0 Å². The Labute approximate surface area is 47.7 Å². The third-order valence-corrected chi connectivity index (χ3v) is 2.90. The summed E-state index contributed by atoms with van der Waals surface area (Å²) in [6, 6.07) is 0. The Balaban J connectivity index is 3.58. The van der Waals surface area contributed by atoms with E-state index in [1.807, 2.05) is 0 Å². The van der Waals surface area contributed by atoms with Gasteiger partial charge in [-0.25, -0.2) is 0 Å². The van der Waals surface area contributed by atoms with E-state index in [9.17, 15) is 13.2 Å². The van der Waals surface area contributed by atoms with Gasteiger partial charge in [-0.05, 0) is 0 Å². The highest BCUT2D eigenvalue weighted by Gasteiger charge is 2.27. The van der Waals surface area contributed by atoms with Crippen LogP contribution < -0.4 is 0 Å². The topological polar surface area (TPSA) is 0 Å². The van der Waals surface area contributed by atoms with Crippen LogP contribution in [0.15, 0.2) is 0 Å². The molecular formula is C4H9F3Si. The first-order valence-electron chi connectivity index (χ1n) is 2.36. The summed E-state index contributed by atoms with van der Waals surface area (Å²) in [5, 5.41) is 0. The number of hydrogen-bond donors (Lipinski definition) is 0. The zero-order valence-electron chi connectivity index (χ0n) is 4.76. The molecule has 0 heterocycles. The molecule has 0 N–H and O–H groups in total. The molecule has 0 aliphatic heterocycles. The van der Waals surface area contributed by atoms with E-state index in [1.165, 1.54) is 6.55 Å². The molecule has 0 fully saturated rings. The molecule has 50 valence electrons. The van der Waals surface area contributed by atoms with Crippen LogP contribution in [0.5, 0.6) is 0 Å². The standard InChI is InChI=1S/C4H9F3Si/c1-8(2-5,3-6)4-7/h2-4H2,1H3. The van der Waals surface area contributed by atoms with Gasteiger partial charge in [0.25, 0.3) is 0 Å². The predicted molar refractivity (Wildman–Crippen MR) is 29.5 cm³/mol. The van der Waals surface area contributed by atoms with Crippen molar-refractivity contribution >= 4 is 8.07 Å². The molecule has 8 heavy (non-hydrogen) atoms. The smallest absolute Gasteiger partial charge is 0.157 e. The quantitative estimate of drug-likeness (QED) is 0.525. The second-order valence-electron chi connectivity index (χ2n) is 2.21. The Morgan fingerprint density at radius 1 is 1.00 bits per heavy atom.